The predicted octanol–water partition coefficient (Wildman–Crippen LogP) is 4.22. The largest absolute Gasteiger partial charge is 0.433 e. The number of hydrogen-bond donors (Lipinski definition) is 0. The topological polar surface area (TPSA) is 16.1 Å². The number of aromatic nitrogens is 1. The van der Waals surface area contributed by atoms with E-state index in [4.69, 9.17) is 0 Å². The van der Waals surface area contributed by atoms with Crippen LogP contribution in [0.4, 0.5) is 13.2 Å². The molecule has 2 nitrogen and oxygen atoms in total. The van der Waals surface area contributed by atoms with Crippen LogP contribution in [-0.2, 0) is 6.18 Å². The van der Waals surface area contributed by atoms with E-state index in [9.17, 15) is 13.2 Å². The number of nitrogens with zero attached hydrogens (tertiary/aromatic N) is 2. The molecular weight excluding hydrogens is 277 g/mol. The van der Waals surface area contributed by atoms with Crippen LogP contribution in [0.1, 0.15) is 55.8 Å². The van der Waals surface area contributed by atoms with Crippen molar-refractivity contribution in [2.24, 2.45) is 0 Å². The van der Waals surface area contributed by atoms with Gasteiger partial charge in [0.1, 0.15) is 5.69 Å². The first-order valence-electron chi connectivity index (χ1n) is 7.82. The zero-order valence-electron chi connectivity index (χ0n) is 12.1. The molecule has 1 saturated heterocycles. The van der Waals surface area contributed by atoms with Crippen molar-refractivity contribution in [1.82, 2.24) is 9.88 Å². The maximum atomic E-state index is 12.8. The zero-order chi connectivity index (χ0) is 14.9. The van der Waals surface area contributed by atoms with Gasteiger partial charge in [0.05, 0.1) is 0 Å². The van der Waals surface area contributed by atoms with Crippen molar-refractivity contribution in [1.29, 1.82) is 0 Å². The zero-order valence-corrected chi connectivity index (χ0v) is 12.1. The Morgan fingerprint density at radius 2 is 1.81 bits per heavy atom. The Bertz CT molecular complexity index is 481. The van der Waals surface area contributed by atoms with E-state index in [1.165, 1.54) is 25.3 Å². The number of rotatable bonds is 2. The van der Waals surface area contributed by atoms with E-state index in [1.54, 1.807) is 6.07 Å². The van der Waals surface area contributed by atoms with Crippen LogP contribution < -0.4 is 0 Å². The lowest BCUT2D eigenvalue weighted by Gasteiger charge is -2.35. The molecule has 0 spiro atoms. The average Bonchev–Trinajstić information content (AvgIpc) is 3.01. The van der Waals surface area contributed by atoms with Crippen molar-refractivity contribution < 1.29 is 13.2 Å². The van der Waals surface area contributed by atoms with Crippen molar-refractivity contribution >= 4 is 0 Å². The van der Waals surface area contributed by atoms with Crippen LogP contribution in [0, 0.1) is 0 Å². The molecule has 0 radical (unpaired) electrons. The third-order valence-corrected chi connectivity index (χ3v) is 4.78. The van der Waals surface area contributed by atoms with Gasteiger partial charge in [-0.25, -0.2) is 4.98 Å². The smallest absolute Gasteiger partial charge is 0.300 e. The van der Waals surface area contributed by atoms with Gasteiger partial charge in [-0.2, -0.15) is 13.2 Å². The lowest BCUT2D eigenvalue weighted by Crippen LogP contribution is -2.36. The molecule has 2 atom stereocenters. The minimum atomic E-state index is -4.35. The maximum absolute atomic E-state index is 12.8. The van der Waals surface area contributed by atoms with Crippen molar-refractivity contribution in [3.63, 3.8) is 0 Å². The highest BCUT2D eigenvalue weighted by molar-refractivity contribution is 5.17. The summed E-state index contributed by atoms with van der Waals surface area (Å²) >= 11 is 0. The summed E-state index contributed by atoms with van der Waals surface area (Å²) in [6, 6.07) is 4.84. The van der Waals surface area contributed by atoms with Crippen LogP contribution in [0.3, 0.4) is 0 Å². The first kappa shape index (κ1) is 14.8. The molecule has 0 N–H and O–H groups in total. The lowest BCUT2D eigenvalue weighted by molar-refractivity contribution is -0.141. The number of alkyl halides is 3. The molecule has 21 heavy (non-hydrogen) atoms. The van der Waals surface area contributed by atoms with E-state index >= 15 is 0 Å². The normalized spacial score (nSPS) is 28.0. The molecule has 0 aromatic carbocycles. The molecule has 0 bridgehead atoms. The minimum Gasteiger partial charge on any atom is -0.300 e. The predicted molar refractivity (Wildman–Crippen MR) is 75.0 cm³/mol. The Balaban J connectivity index is 1.74. The quantitative estimate of drug-likeness (QED) is 0.812. The highest BCUT2D eigenvalue weighted by Gasteiger charge is 2.34. The van der Waals surface area contributed by atoms with Crippen molar-refractivity contribution in [2.45, 2.75) is 56.7 Å². The second-order valence-corrected chi connectivity index (χ2v) is 6.21. The van der Waals surface area contributed by atoms with Gasteiger partial charge in [-0.3, -0.25) is 0 Å². The van der Waals surface area contributed by atoms with Crippen LogP contribution in [0.25, 0.3) is 0 Å². The summed E-state index contributed by atoms with van der Waals surface area (Å²) < 4.78 is 38.4. The van der Waals surface area contributed by atoms with Crippen LogP contribution >= 0.6 is 0 Å². The van der Waals surface area contributed by atoms with Gasteiger partial charge in [-0.15, -0.1) is 0 Å². The number of pyridine rings is 1. The number of hydrogen-bond acceptors (Lipinski definition) is 2. The lowest BCUT2D eigenvalue weighted by atomic mass is 9.83. The summed E-state index contributed by atoms with van der Waals surface area (Å²) in [5.41, 5.74) is -0.142. The van der Waals surface area contributed by atoms with Gasteiger partial charge < -0.3 is 4.90 Å². The summed E-state index contributed by atoms with van der Waals surface area (Å²) in [6.45, 7) is 2.29. The first-order chi connectivity index (χ1) is 10.0. The highest BCUT2D eigenvalue weighted by atomic mass is 19.4. The van der Waals surface area contributed by atoms with Gasteiger partial charge in [-0.1, -0.05) is 12.5 Å². The fourth-order valence-electron chi connectivity index (χ4n) is 3.71. The molecule has 3 rings (SSSR count). The Morgan fingerprint density at radius 3 is 2.52 bits per heavy atom. The molecule has 1 aliphatic carbocycles. The van der Waals surface area contributed by atoms with E-state index in [-0.39, 0.29) is 5.92 Å². The van der Waals surface area contributed by atoms with Gasteiger partial charge in [0.25, 0.3) is 0 Å². The molecule has 2 unspecified atom stereocenters. The maximum Gasteiger partial charge on any atom is 0.433 e. The Morgan fingerprint density at radius 1 is 1.05 bits per heavy atom. The Kier molecular flexibility index (Phi) is 4.20. The van der Waals surface area contributed by atoms with E-state index < -0.39 is 11.9 Å². The van der Waals surface area contributed by atoms with Crippen LogP contribution in [0.5, 0.6) is 0 Å². The molecule has 0 amide bonds. The van der Waals surface area contributed by atoms with Crippen LogP contribution in [0.2, 0.25) is 0 Å². The third-order valence-electron chi connectivity index (χ3n) is 4.78. The van der Waals surface area contributed by atoms with E-state index in [0.717, 1.165) is 38.4 Å². The highest BCUT2D eigenvalue weighted by Crippen LogP contribution is 2.36. The third kappa shape index (κ3) is 3.39. The fourth-order valence-corrected chi connectivity index (χ4v) is 3.71. The van der Waals surface area contributed by atoms with Crippen LogP contribution in [-0.4, -0.2) is 29.0 Å². The second kappa shape index (κ2) is 5.95. The molecule has 2 heterocycles. The van der Waals surface area contributed by atoms with E-state index in [0.29, 0.717) is 11.7 Å². The molecule has 1 aliphatic heterocycles. The fraction of sp³-hybridized carbons (Fsp3) is 0.688. The summed E-state index contributed by atoms with van der Waals surface area (Å²) in [7, 11) is 0. The van der Waals surface area contributed by atoms with Gasteiger partial charge in [0.2, 0.25) is 0 Å². The van der Waals surface area contributed by atoms with Crippen molar-refractivity contribution in [2.75, 3.05) is 13.1 Å². The van der Waals surface area contributed by atoms with Crippen molar-refractivity contribution in [3.05, 3.63) is 29.6 Å². The summed E-state index contributed by atoms with van der Waals surface area (Å²) in [5.74, 6) is 0.173. The number of likely N-dealkylation sites (tertiary alicyclic amines) is 1. The Labute approximate surface area is 123 Å². The second-order valence-electron chi connectivity index (χ2n) is 6.21. The van der Waals surface area contributed by atoms with Gasteiger partial charge in [0.15, 0.2) is 0 Å². The SMILES string of the molecule is FC(F)(F)c1cccc(C2CCCC(N3CCCC3)C2)n1. The molecule has 1 aromatic heterocycles. The standard InChI is InChI=1S/C16H21F3N2/c17-16(18,19)15-8-4-7-14(20-15)12-5-3-6-13(11-12)21-9-1-2-10-21/h4,7-8,12-13H,1-3,5-6,9-11H2. The van der Waals surface area contributed by atoms with Gasteiger partial charge in [0, 0.05) is 17.7 Å². The van der Waals surface area contributed by atoms with Crippen molar-refractivity contribution in [3.8, 4) is 0 Å². The van der Waals surface area contributed by atoms with E-state index in [2.05, 4.69) is 9.88 Å². The molecule has 2 aliphatic rings. The molecular formula is C16H21F3N2. The molecule has 5 heteroatoms. The summed E-state index contributed by atoms with van der Waals surface area (Å²) in [6.07, 6.45) is 2.33. The molecule has 1 aromatic rings. The van der Waals surface area contributed by atoms with Crippen LogP contribution in [0.15, 0.2) is 18.2 Å². The minimum absolute atomic E-state index is 0.173. The summed E-state index contributed by atoms with van der Waals surface area (Å²) in [4.78, 5) is 6.40. The van der Waals surface area contributed by atoms with Gasteiger partial charge in [-0.05, 0) is 57.3 Å². The molecule has 1 saturated carbocycles. The monoisotopic (exact) mass is 298 g/mol. The average molecular weight is 298 g/mol. The van der Waals surface area contributed by atoms with Gasteiger partial charge >= 0.3 is 6.18 Å². The molecule has 116 valence electrons. The molecule has 2 fully saturated rings. The first-order valence-corrected chi connectivity index (χ1v) is 7.82. The summed E-state index contributed by atoms with van der Waals surface area (Å²) in [5, 5.41) is 0. The Hall–Kier alpha value is -1.10. The number of halogens is 3. The van der Waals surface area contributed by atoms with E-state index in [1.807, 2.05) is 0 Å².